The molecule has 0 unspecified atom stereocenters. The highest BCUT2D eigenvalue weighted by Crippen LogP contribution is 2.56. The highest BCUT2D eigenvalue weighted by molar-refractivity contribution is 6.34. The Morgan fingerprint density at radius 3 is 2.09 bits per heavy atom. The van der Waals surface area contributed by atoms with E-state index in [1.165, 1.54) is 4.90 Å². The Morgan fingerprint density at radius 2 is 1.49 bits per heavy atom. The van der Waals surface area contributed by atoms with Gasteiger partial charge in [0.05, 0.1) is 35.2 Å². The summed E-state index contributed by atoms with van der Waals surface area (Å²) in [5.41, 5.74) is 1.88. The number of hydrogen-bond donors (Lipinski definition) is 0. The van der Waals surface area contributed by atoms with E-state index in [1.54, 1.807) is 30.2 Å². The van der Waals surface area contributed by atoms with Crippen molar-refractivity contribution < 1.29 is 19.1 Å². The zero-order valence-electron chi connectivity index (χ0n) is 19.7. The maximum absolute atomic E-state index is 13.4. The van der Waals surface area contributed by atoms with Crippen LogP contribution in [0.5, 0.6) is 5.75 Å². The highest BCUT2D eigenvalue weighted by atomic mass is 35.5. The second-order valence-corrected chi connectivity index (χ2v) is 10.4. The van der Waals surface area contributed by atoms with E-state index in [9.17, 15) is 14.4 Å². The van der Waals surface area contributed by atoms with E-state index in [0.717, 1.165) is 30.7 Å². The Bertz CT molecular complexity index is 1160. The quantitative estimate of drug-likeness (QED) is 0.605. The maximum Gasteiger partial charge on any atom is 0.255 e. The molecule has 4 aliphatic rings. The topological polar surface area (TPSA) is 70.2 Å². The number of halogens is 1. The number of ether oxygens (including phenoxy) is 1. The molecule has 0 spiro atoms. The van der Waals surface area contributed by atoms with Gasteiger partial charge in [0.15, 0.2) is 0 Å². The largest absolute Gasteiger partial charge is 0.497 e. The third kappa shape index (κ3) is 3.59. The fraction of sp³-hybridized carbons (Fsp3) is 0.444. The van der Waals surface area contributed by atoms with Crippen LogP contribution < -0.4 is 14.5 Å². The molecule has 6 rings (SSSR count). The SMILES string of the molecule is COc1ccc(N2CCN(C(=O)c3cc(N4C(=O)[C@@H]5[C@H]6CC[C@@H](C6)[C@H]5C4=O)ccc3Cl)CC2)cc1. The van der Waals surface area contributed by atoms with Crippen molar-refractivity contribution in [3.8, 4) is 5.75 Å². The van der Waals surface area contributed by atoms with E-state index in [-0.39, 0.29) is 29.6 Å². The molecule has 7 nitrogen and oxygen atoms in total. The van der Waals surface area contributed by atoms with Gasteiger partial charge in [-0.3, -0.25) is 19.3 Å². The number of methoxy groups -OCH3 is 1. The van der Waals surface area contributed by atoms with Crippen molar-refractivity contribution in [2.45, 2.75) is 19.3 Å². The van der Waals surface area contributed by atoms with Crippen LogP contribution in [-0.4, -0.2) is 55.9 Å². The van der Waals surface area contributed by atoms with Gasteiger partial charge in [0.2, 0.25) is 11.8 Å². The number of carbonyl (C=O) groups excluding carboxylic acids is 3. The van der Waals surface area contributed by atoms with Crippen molar-refractivity contribution in [2.75, 3.05) is 43.1 Å². The van der Waals surface area contributed by atoms with Crippen LogP contribution in [-0.2, 0) is 9.59 Å². The summed E-state index contributed by atoms with van der Waals surface area (Å²) in [7, 11) is 1.64. The first kappa shape index (κ1) is 22.4. The molecule has 2 aromatic carbocycles. The number of rotatable bonds is 4. The molecule has 35 heavy (non-hydrogen) atoms. The fourth-order valence-electron chi connectivity index (χ4n) is 6.61. The van der Waals surface area contributed by atoms with Gasteiger partial charge >= 0.3 is 0 Å². The van der Waals surface area contributed by atoms with Gasteiger partial charge in [-0.1, -0.05) is 11.6 Å². The van der Waals surface area contributed by atoms with Crippen LogP contribution in [0.4, 0.5) is 11.4 Å². The molecule has 0 N–H and O–H groups in total. The van der Waals surface area contributed by atoms with Crippen molar-refractivity contribution in [1.29, 1.82) is 0 Å². The van der Waals surface area contributed by atoms with Gasteiger partial charge in [0.25, 0.3) is 5.91 Å². The number of benzene rings is 2. The smallest absolute Gasteiger partial charge is 0.255 e. The van der Waals surface area contributed by atoms with E-state index < -0.39 is 0 Å². The lowest BCUT2D eigenvalue weighted by molar-refractivity contribution is -0.123. The average molecular weight is 494 g/mol. The molecule has 0 aromatic heterocycles. The van der Waals surface area contributed by atoms with Crippen LogP contribution in [0.2, 0.25) is 5.02 Å². The zero-order valence-corrected chi connectivity index (χ0v) is 20.4. The molecule has 3 amide bonds. The first-order valence-electron chi connectivity index (χ1n) is 12.3. The molecular weight excluding hydrogens is 466 g/mol. The first-order valence-corrected chi connectivity index (χ1v) is 12.7. The standard InChI is InChI=1S/C27H28ClN3O4/c1-35-20-7-4-18(5-8-20)29-10-12-30(13-11-29)25(32)21-15-19(6-9-22(21)28)31-26(33)23-16-2-3-17(14-16)24(23)27(31)34/h4-9,15-17,23-24H,2-3,10-14H2,1H3/t16-,17-,23+,24+/m0/s1. The predicted molar refractivity (Wildman–Crippen MR) is 133 cm³/mol. The van der Waals surface area contributed by atoms with Crippen LogP contribution in [0, 0.1) is 23.7 Å². The third-order valence-corrected chi connectivity index (χ3v) is 8.70. The zero-order chi connectivity index (χ0) is 24.3. The van der Waals surface area contributed by atoms with Crippen molar-refractivity contribution in [3.63, 3.8) is 0 Å². The summed E-state index contributed by atoms with van der Waals surface area (Å²) >= 11 is 6.44. The van der Waals surface area contributed by atoms with Crippen LogP contribution in [0.15, 0.2) is 42.5 Å². The summed E-state index contributed by atoms with van der Waals surface area (Å²) in [5.74, 6) is 0.670. The predicted octanol–water partition coefficient (Wildman–Crippen LogP) is 3.85. The number of piperazine rings is 1. The van der Waals surface area contributed by atoms with E-state index >= 15 is 0 Å². The number of imide groups is 1. The van der Waals surface area contributed by atoms with Gasteiger partial charge in [-0.25, -0.2) is 0 Å². The van der Waals surface area contributed by atoms with Gasteiger partial charge in [0.1, 0.15) is 5.75 Å². The molecule has 2 bridgehead atoms. The summed E-state index contributed by atoms with van der Waals surface area (Å²) < 4.78 is 5.23. The minimum atomic E-state index is -0.192. The lowest BCUT2D eigenvalue weighted by Crippen LogP contribution is -2.48. The lowest BCUT2D eigenvalue weighted by atomic mass is 9.81. The molecule has 4 fully saturated rings. The number of anilines is 2. The molecule has 8 heteroatoms. The summed E-state index contributed by atoms with van der Waals surface area (Å²) in [4.78, 5) is 45.2. The van der Waals surface area contributed by atoms with Gasteiger partial charge in [-0.2, -0.15) is 0 Å². The van der Waals surface area contributed by atoms with Crippen LogP contribution in [0.3, 0.4) is 0 Å². The number of amides is 3. The van der Waals surface area contributed by atoms with Crippen LogP contribution >= 0.6 is 11.6 Å². The minimum Gasteiger partial charge on any atom is -0.497 e. The molecule has 2 aliphatic heterocycles. The molecule has 2 saturated carbocycles. The third-order valence-electron chi connectivity index (χ3n) is 8.37. The van der Waals surface area contributed by atoms with Gasteiger partial charge < -0.3 is 14.5 Å². The maximum atomic E-state index is 13.4. The number of hydrogen-bond acceptors (Lipinski definition) is 5. The Kier molecular flexibility index (Phi) is 5.48. The second-order valence-electron chi connectivity index (χ2n) is 10.0. The number of nitrogens with zero attached hydrogens (tertiary/aromatic N) is 3. The van der Waals surface area contributed by atoms with Crippen LogP contribution in [0.25, 0.3) is 0 Å². The Hall–Kier alpha value is -3.06. The lowest BCUT2D eigenvalue weighted by Gasteiger charge is -2.36. The normalized spacial score (nSPS) is 27.5. The van der Waals surface area contributed by atoms with Crippen LogP contribution in [0.1, 0.15) is 29.6 Å². The summed E-state index contributed by atoms with van der Waals surface area (Å²) in [6.45, 7) is 2.51. The van der Waals surface area contributed by atoms with Gasteiger partial charge in [-0.15, -0.1) is 0 Å². The van der Waals surface area contributed by atoms with Crippen molar-refractivity contribution in [3.05, 3.63) is 53.1 Å². The Labute approximate surface area is 209 Å². The van der Waals surface area contributed by atoms with E-state index in [4.69, 9.17) is 16.3 Å². The second kappa shape index (κ2) is 8.55. The highest BCUT2D eigenvalue weighted by Gasteiger charge is 2.61. The summed E-state index contributed by atoms with van der Waals surface area (Å²) in [6.07, 6.45) is 3.06. The molecular formula is C27H28ClN3O4. The minimum absolute atomic E-state index is 0.110. The Balaban J connectivity index is 1.18. The summed E-state index contributed by atoms with van der Waals surface area (Å²) in [5, 5.41) is 0.329. The van der Waals surface area contributed by atoms with E-state index in [0.29, 0.717) is 54.3 Å². The molecule has 0 radical (unpaired) electrons. The number of fused-ring (bicyclic) bond motifs is 5. The molecule has 182 valence electrons. The first-order chi connectivity index (χ1) is 17.0. The molecule has 4 atom stereocenters. The molecule has 2 aromatic rings. The van der Waals surface area contributed by atoms with Crippen molar-refractivity contribution in [2.24, 2.45) is 23.7 Å². The molecule has 2 saturated heterocycles. The summed E-state index contributed by atoms with van der Waals surface area (Å²) in [6, 6.07) is 12.8. The van der Waals surface area contributed by atoms with E-state index in [1.807, 2.05) is 24.3 Å². The monoisotopic (exact) mass is 493 g/mol. The van der Waals surface area contributed by atoms with Crippen molar-refractivity contribution in [1.82, 2.24) is 4.90 Å². The molecule has 2 heterocycles. The van der Waals surface area contributed by atoms with E-state index in [2.05, 4.69) is 4.90 Å². The van der Waals surface area contributed by atoms with Crippen molar-refractivity contribution >= 4 is 40.7 Å². The fourth-order valence-corrected chi connectivity index (χ4v) is 6.81. The Morgan fingerprint density at radius 1 is 0.886 bits per heavy atom. The average Bonchev–Trinajstić information content (AvgIpc) is 3.58. The molecule has 2 aliphatic carbocycles. The van der Waals surface area contributed by atoms with Gasteiger partial charge in [0, 0.05) is 31.9 Å². The number of carbonyl (C=O) groups is 3. The van der Waals surface area contributed by atoms with Gasteiger partial charge in [-0.05, 0) is 73.6 Å².